The molecule has 0 fully saturated rings. The van der Waals surface area contributed by atoms with Crippen LogP contribution in [0.15, 0.2) is 24.3 Å². The first kappa shape index (κ1) is 16.6. The fourth-order valence-electron chi connectivity index (χ4n) is 1.75. The quantitative estimate of drug-likeness (QED) is 0.760. The number of hydrogen-bond acceptors (Lipinski definition) is 4. The summed E-state index contributed by atoms with van der Waals surface area (Å²) in [5, 5.41) is 8.71. The van der Waals surface area contributed by atoms with Crippen molar-refractivity contribution < 1.29 is 8.42 Å². The zero-order valence-electron chi connectivity index (χ0n) is 12.2. The molecule has 0 N–H and O–H groups in total. The average molecular weight is 295 g/mol. The highest BCUT2D eigenvalue weighted by atomic mass is 32.2. The van der Waals surface area contributed by atoms with Gasteiger partial charge >= 0.3 is 0 Å². The smallest absolute Gasteiger partial charge is 0.218 e. The molecule has 0 radical (unpaired) electrons. The first-order chi connectivity index (χ1) is 9.35. The van der Waals surface area contributed by atoms with E-state index in [0.717, 1.165) is 13.0 Å². The molecule has 0 atom stereocenters. The molecule has 0 saturated heterocycles. The second-order valence-corrected chi connectivity index (χ2v) is 7.12. The van der Waals surface area contributed by atoms with Crippen molar-refractivity contribution in [2.24, 2.45) is 0 Å². The van der Waals surface area contributed by atoms with Gasteiger partial charge in [-0.25, -0.2) is 12.7 Å². The van der Waals surface area contributed by atoms with Crippen molar-refractivity contribution in [1.29, 1.82) is 5.26 Å². The van der Waals surface area contributed by atoms with Crippen molar-refractivity contribution >= 4 is 10.0 Å². The van der Waals surface area contributed by atoms with E-state index in [2.05, 4.69) is 0 Å². The van der Waals surface area contributed by atoms with Gasteiger partial charge in [-0.1, -0.05) is 12.1 Å². The highest BCUT2D eigenvalue weighted by Gasteiger charge is 2.18. The maximum Gasteiger partial charge on any atom is 0.218 e. The monoisotopic (exact) mass is 295 g/mol. The molecule has 0 aromatic heterocycles. The summed E-state index contributed by atoms with van der Waals surface area (Å²) >= 11 is 0. The van der Waals surface area contributed by atoms with Gasteiger partial charge in [0.25, 0.3) is 0 Å². The van der Waals surface area contributed by atoms with Gasteiger partial charge < -0.3 is 4.90 Å². The largest absolute Gasteiger partial charge is 0.309 e. The third-order valence-corrected chi connectivity index (χ3v) is 4.82. The summed E-state index contributed by atoms with van der Waals surface area (Å²) in [6, 6.07) is 8.65. The van der Waals surface area contributed by atoms with E-state index < -0.39 is 10.0 Å². The molecule has 0 heterocycles. The van der Waals surface area contributed by atoms with Gasteiger partial charge in [0.1, 0.15) is 0 Å². The summed E-state index contributed by atoms with van der Waals surface area (Å²) < 4.78 is 25.8. The molecule has 0 unspecified atom stereocenters. The number of sulfonamides is 1. The van der Waals surface area contributed by atoms with Crippen LogP contribution in [0.3, 0.4) is 0 Å². The molecule has 1 rings (SSSR count). The van der Waals surface area contributed by atoms with Crippen molar-refractivity contribution in [3.8, 4) is 6.07 Å². The van der Waals surface area contributed by atoms with Gasteiger partial charge in [-0.3, -0.25) is 0 Å². The molecule has 110 valence electrons. The molecule has 1 aromatic rings. The van der Waals surface area contributed by atoms with Gasteiger partial charge in [0.2, 0.25) is 10.0 Å². The van der Waals surface area contributed by atoms with Gasteiger partial charge in [-0.2, -0.15) is 5.26 Å². The summed E-state index contributed by atoms with van der Waals surface area (Å²) in [5.41, 5.74) is 1.23. The normalized spacial score (nSPS) is 11.8. The molecule has 20 heavy (non-hydrogen) atoms. The van der Waals surface area contributed by atoms with E-state index in [1.165, 1.54) is 4.31 Å². The van der Waals surface area contributed by atoms with Crippen molar-refractivity contribution in [3.63, 3.8) is 0 Å². The Morgan fingerprint density at radius 1 is 1.10 bits per heavy atom. The molecule has 0 bridgehead atoms. The van der Waals surface area contributed by atoms with Crippen LogP contribution in [0, 0.1) is 11.3 Å². The molecule has 0 aliphatic heterocycles. The summed E-state index contributed by atoms with van der Waals surface area (Å²) in [6.45, 7) is 1.37. The van der Waals surface area contributed by atoms with Crippen LogP contribution in [0.2, 0.25) is 0 Å². The van der Waals surface area contributed by atoms with Crippen LogP contribution in [0.5, 0.6) is 0 Å². The van der Waals surface area contributed by atoms with Gasteiger partial charge in [0.15, 0.2) is 0 Å². The Morgan fingerprint density at radius 2 is 1.70 bits per heavy atom. The molecule has 5 nitrogen and oxygen atoms in total. The summed E-state index contributed by atoms with van der Waals surface area (Å²) in [6.07, 6.45) is 0.802. The van der Waals surface area contributed by atoms with E-state index in [-0.39, 0.29) is 5.75 Å². The van der Waals surface area contributed by atoms with Crippen LogP contribution in [0.4, 0.5) is 0 Å². The number of nitriles is 1. The van der Waals surface area contributed by atoms with Crippen LogP contribution in [-0.2, 0) is 15.8 Å². The second-order valence-electron chi connectivity index (χ2n) is 5.04. The highest BCUT2D eigenvalue weighted by Crippen LogP contribution is 2.11. The van der Waals surface area contributed by atoms with Crippen molar-refractivity contribution in [2.45, 2.75) is 12.2 Å². The van der Waals surface area contributed by atoms with Crippen LogP contribution >= 0.6 is 0 Å². The molecular weight excluding hydrogens is 274 g/mol. The number of hydrogen-bond donors (Lipinski definition) is 0. The third kappa shape index (κ3) is 5.29. The summed E-state index contributed by atoms with van der Waals surface area (Å²) in [5.74, 6) is -0.0306. The number of nitrogens with zero attached hydrogens (tertiary/aromatic N) is 3. The van der Waals surface area contributed by atoms with E-state index in [1.807, 2.05) is 25.1 Å². The molecule has 0 saturated carbocycles. The van der Waals surface area contributed by atoms with E-state index in [4.69, 9.17) is 5.26 Å². The van der Waals surface area contributed by atoms with E-state index in [9.17, 15) is 8.42 Å². The van der Waals surface area contributed by atoms with Crippen LogP contribution in [0.25, 0.3) is 0 Å². The van der Waals surface area contributed by atoms with Crippen LogP contribution in [0.1, 0.15) is 17.5 Å². The van der Waals surface area contributed by atoms with E-state index in [0.29, 0.717) is 17.7 Å². The lowest BCUT2D eigenvalue weighted by atomic mass is 10.2. The Morgan fingerprint density at radius 3 is 2.20 bits per heavy atom. The predicted molar refractivity (Wildman–Crippen MR) is 79.6 cm³/mol. The van der Waals surface area contributed by atoms with Gasteiger partial charge in [0.05, 0.1) is 17.4 Å². The van der Waals surface area contributed by atoms with Gasteiger partial charge in [-0.05, 0) is 44.8 Å². The third-order valence-electron chi connectivity index (χ3n) is 2.99. The number of rotatable bonds is 7. The molecular formula is C14H21N3O2S. The van der Waals surface area contributed by atoms with Crippen LogP contribution < -0.4 is 0 Å². The first-order valence-corrected chi connectivity index (χ1v) is 8.04. The maximum atomic E-state index is 12.2. The Labute approximate surface area is 121 Å². The lowest BCUT2D eigenvalue weighted by Gasteiger charge is -2.18. The lowest BCUT2D eigenvalue weighted by Crippen LogP contribution is -2.30. The number of benzene rings is 1. The minimum atomic E-state index is -3.30. The van der Waals surface area contributed by atoms with Crippen molar-refractivity contribution in [3.05, 3.63) is 35.4 Å². The Hall–Kier alpha value is -1.42. The van der Waals surface area contributed by atoms with E-state index in [1.54, 1.807) is 31.3 Å². The fraction of sp³-hybridized carbons (Fsp3) is 0.500. The molecule has 1 aromatic carbocycles. The minimum absolute atomic E-state index is 0.0306. The predicted octanol–water partition coefficient (Wildman–Crippen LogP) is 1.27. The average Bonchev–Trinajstić information content (AvgIpc) is 2.38. The molecule has 0 aliphatic carbocycles. The zero-order valence-corrected chi connectivity index (χ0v) is 13.0. The molecule has 0 spiro atoms. The fourth-order valence-corrected chi connectivity index (χ4v) is 2.99. The lowest BCUT2D eigenvalue weighted by molar-refractivity contribution is 0.370. The Kier molecular flexibility index (Phi) is 6.14. The maximum absolute atomic E-state index is 12.2. The summed E-state index contributed by atoms with van der Waals surface area (Å²) in [4.78, 5) is 2.03. The second kappa shape index (κ2) is 7.39. The van der Waals surface area contributed by atoms with Gasteiger partial charge in [0, 0.05) is 13.6 Å². The minimum Gasteiger partial charge on any atom is -0.309 e. The summed E-state index contributed by atoms with van der Waals surface area (Å²) in [7, 11) is 2.23. The van der Waals surface area contributed by atoms with Crippen LogP contribution in [-0.4, -0.2) is 51.9 Å². The SMILES string of the molecule is CN(C)CCCN(C)S(=O)(=O)Cc1ccc(C#N)cc1. The topological polar surface area (TPSA) is 64.4 Å². The molecule has 0 aliphatic rings. The molecule has 6 heteroatoms. The highest BCUT2D eigenvalue weighted by molar-refractivity contribution is 7.88. The first-order valence-electron chi connectivity index (χ1n) is 6.43. The standard InChI is InChI=1S/C14H21N3O2S/c1-16(2)9-4-10-17(3)20(18,19)12-14-7-5-13(11-15)6-8-14/h5-8H,4,9-10,12H2,1-3H3. The van der Waals surface area contributed by atoms with Crippen molar-refractivity contribution in [1.82, 2.24) is 9.21 Å². The van der Waals surface area contributed by atoms with E-state index >= 15 is 0 Å². The Bertz CT molecular complexity index is 559. The van der Waals surface area contributed by atoms with Crippen molar-refractivity contribution in [2.75, 3.05) is 34.2 Å². The molecule has 0 amide bonds. The Balaban J connectivity index is 2.61. The zero-order chi connectivity index (χ0) is 15.2. The van der Waals surface area contributed by atoms with Gasteiger partial charge in [-0.15, -0.1) is 0 Å².